The minimum absolute atomic E-state index is 0.235. The van der Waals surface area contributed by atoms with Gasteiger partial charge < -0.3 is 10.0 Å². The minimum Gasteiger partial charge on any atom is -0.481 e. The van der Waals surface area contributed by atoms with Crippen molar-refractivity contribution in [2.24, 2.45) is 0 Å². The molecule has 1 N–H and O–H groups in total. The molecule has 3 aromatic rings. The molecule has 0 radical (unpaired) electrons. The molecule has 0 saturated heterocycles. The van der Waals surface area contributed by atoms with Gasteiger partial charge in [-0.3, -0.25) is 14.4 Å². The normalized spacial score (nSPS) is 11.6. The van der Waals surface area contributed by atoms with Crippen molar-refractivity contribution < 1.29 is 19.5 Å². The zero-order valence-electron chi connectivity index (χ0n) is 18.6. The van der Waals surface area contributed by atoms with Gasteiger partial charge >= 0.3 is 5.97 Å². The van der Waals surface area contributed by atoms with Crippen molar-refractivity contribution in [3.8, 4) is 11.1 Å². The average Bonchev–Trinajstić information content (AvgIpc) is 2.83. The van der Waals surface area contributed by atoms with E-state index in [-0.39, 0.29) is 18.1 Å². The molecule has 0 spiro atoms. The zero-order chi connectivity index (χ0) is 24.0. The Morgan fingerprint density at radius 3 is 1.94 bits per heavy atom. The van der Waals surface area contributed by atoms with E-state index in [1.807, 2.05) is 38.1 Å². The Hall–Kier alpha value is -3.44. The summed E-state index contributed by atoms with van der Waals surface area (Å²) in [5.41, 5.74) is 2.98. The van der Waals surface area contributed by atoms with Crippen molar-refractivity contribution in [3.63, 3.8) is 0 Å². The van der Waals surface area contributed by atoms with Crippen LogP contribution in [-0.4, -0.2) is 40.8 Å². The highest BCUT2D eigenvalue weighted by Crippen LogP contribution is 2.28. The molecule has 170 valence electrons. The van der Waals surface area contributed by atoms with Gasteiger partial charge in [0.25, 0.3) is 5.91 Å². The molecule has 1 unspecified atom stereocenters. The number of carbonyl (C=O) groups excluding carboxylic acids is 2. The summed E-state index contributed by atoms with van der Waals surface area (Å²) in [5, 5.41) is 10.6. The molecule has 0 saturated carbocycles. The van der Waals surface area contributed by atoms with E-state index in [0.29, 0.717) is 34.8 Å². The highest BCUT2D eigenvalue weighted by atomic mass is 35.5. The molecule has 33 heavy (non-hydrogen) atoms. The fourth-order valence-electron chi connectivity index (χ4n) is 3.80. The number of amides is 1. The lowest BCUT2D eigenvalue weighted by molar-refractivity contribution is -0.138. The summed E-state index contributed by atoms with van der Waals surface area (Å²) in [5.74, 6) is -2.79. The lowest BCUT2D eigenvalue weighted by Crippen LogP contribution is -2.32. The maximum absolute atomic E-state index is 13.0. The first kappa shape index (κ1) is 24.2. The maximum atomic E-state index is 13.0. The number of benzene rings is 3. The number of Topliss-reactive ketones (excluding diaryl/α,β-unsaturated/α-hetero) is 1. The Morgan fingerprint density at radius 1 is 0.848 bits per heavy atom. The Balaban J connectivity index is 1.85. The predicted octanol–water partition coefficient (Wildman–Crippen LogP) is 5.93. The summed E-state index contributed by atoms with van der Waals surface area (Å²) in [6.07, 6.45) is -0.238. The van der Waals surface area contributed by atoms with E-state index in [9.17, 15) is 19.5 Å². The number of hydrogen-bond donors (Lipinski definition) is 1. The van der Waals surface area contributed by atoms with E-state index in [2.05, 4.69) is 0 Å². The summed E-state index contributed by atoms with van der Waals surface area (Å²) in [6.45, 7) is 4.77. The van der Waals surface area contributed by atoms with Gasteiger partial charge in [0.15, 0.2) is 5.78 Å². The van der Waals surface area contributed by atoms with E-state index in [0.717, 1.165) is 11.1 Å². The lowest BCUT2D eigenvalue weighted by atomic mass is 9.88. The predicted molar refractivity (Wildman–Crippen MR) is 130 cm³/mol. The number of halogens is 1. The molecule has 0 heterocycles. The first-order valence-electron chi connectivity index (χ1n) is 10.9. The van der Waals surface area contributed by atoms with Gasteiger partial charge in [0, 0.05) is 35.7 Å². The fraction of sp³-hybridized carbons (Fsp3) is 0.222. The first-order chi connectivity index (χ1) is 15.8. The van der Waals surface area contributed by atoms with E-state index in [4.69, 9.17) is 11.6 Å². The molecule has 5 nitrogen and oxygen atoms in total. The second kappa shape index (κ2) is 10.9. The number of carbonyl (C=O) groups is 3. The first-order valence-corrected chi connectivity index (χ1v) is 11.2. The van der Waals surface area contributed by atoms with Crippen molar-refractivity contribution in [2.75, 3.05) is 13.1 Å². The molecule has 6 heteroatoms. The standard InChI is InChI=1S/C27H26ClNO4/c1-3-29(4-2)26(31)23-8-6-5-7-22(23)24(27(32)33)17-25(30)20-11-9-18(10-12-20)19-13-15-21(28)16-14-19/h5-16,24H,3-4,17H2,1-2H3,(H,32,33). The summed E-state index contributed by atoms with van der Waals surface area (Å²) in [6, 6.07) is 21.0. The lowest BCUT2D eigenvalue weighted by Gasteiger charge is -2.22. The van der Waals surface area contributed by atoms with Crippen molar-refractivity contribution in [1.82, 2.24) is 4.90 Å². The van der Waals surface area contributed by atoms with Crippen LogP contribution in [0.15, 0.2) is 72.8 Å². The Bertz CT molecular complexity index is 1140. The summed E-state index contributed by atoms with van der Waals surface area (Å²) in [7, 11) is 0. The van der Waals surface area contributed by atoms with Crippen LogP contribution in [0.2, 0.25) is 5.02 Å². The van der Waals surface area contributed by atoms with Gasteiger partial charge in [0.1, 0.15) is 0 Å². The van der Waals surface area contributed by atoms with Gasteiger partial charge in [-0.15, -0.1) is 0 Å². The molecule has 3 rings (SSSR count). The molecule has 0 aliphatic carbocycles. The number of rotatable bonds is 9. The van der Waals surface area contributed by atoms with Crippen LogP contribution in [0.4, 0.5) is 0 Å². The van der Waals surface area contributed by atoms with Crippen molar-refractivity contribution in [3.05, 3.63) is 94.5 Å². The third-order valence-corrected chi connectivity index (χ3v) is 5.94. The van der Waals surface area contributed by atoms with Gasteiger partial charge in [0.05, 0.1) is 5.92 Å². The van der Waals surface area contributed by atoms with Gasteiger partial charge in [-0.2, -0.15) is 0 Å². The molecular formula is C27H26ClNO4. The quantitative estimate of drug-likeness (QED) is 0.399. The molecule has 0 aliphatic rings. The second-order valence-corrected chi connectivity index (χ2v) is 8.10. The smallest absolute Gasteiger partial charge is 0.311 e. The number of carboxylic acids is 1. The maximum Gasteiger partial charge on any atom is 0.311 e. The minimum atomic E-state index is -1.14. The fourth-order valence-corrected chi connectivity index (χ4v) is 3.93. The van der Waals surface area contributed by atoms with E-state index >= 15 is 0 Å². The molecule has 3 aromatic carbocycles. The third kappa shape index (κ3) is 5.68. The highest BCUT2D eigenvalue weighted by molar-refractivity contribution is 6.30. The summed E-state index contributed by atoms with van der Waals surface area (Å²) >= 11 is 5.94. The zero-order valence-corrected chi connectivity index (χ0v) is 19.4. The molecule has 0 aliphatic heterocycles. The largest absolute Gasteiger partial charge is 0.481 e. The van der Waals surface area contributed by atoms with Crippen molar-refractivity contribution >= 4 is 29.3 Å². The van der Waals surface area contributed by atoms with Crippen LogP contribution in [-0.2, 0) is 4.79 Å². The topological polar surface area (TPSA) is 74.7 Å². The summed E-state index contributed by atoms with van der Waals surface area (Å²) < 4.78 is 0. The van der Waals surface area contributed by atoms with Crippen LogP contribution >= 0.6 is 11.6 Å². The molecule has 1 atom stereocenters. The van der Waals surface area contributed by atoms with E-state index in [1.165, 1.54) is 0 Å². The number of nitrogens with zero attached hydrogens (tertiary/aromatic N) is 1. The molecule has 1 amide bonds. The van der Waals surface area contributed by atoms with Gasteiger partial charge in [0.2, 0.25) is 0 Å². The molecular weight excluding hydrogens is 438 g/mol. The Kier molecular flexibility index (Phi) is 8.01. The third-order valence-electron chi connectivity index (χ3n) is 5.69. The average molecular weight is 464 g/mol. The molecule has 0 aromatic heterocycles. The SMILES string of the molecule is CCN(CC)C(=O)c1ccccc1C(CC(=O)c1ccc(-c2ccc(Cl)cc2)cc1)C(=O)O. The van der Waals surface area contributed by atoms with Crippen LogP contribution in [0.1, 0.15) is 52.5 Å². The molecule has 0 fully saturated rings. The van der Waals surface area contributed by atoms with Gasteiger partial charge in [-0.25, -0.2) is 0 Å². The molecule has 0 bridgehead atoms. The van der Waals surface area contributed by atoms with Crippen molar-refractivity contribution in [1.29, 1.82) is 0 Å². The number of ketones is 1. The van der Waals surface area contributed by atoms with E-state index in [1.54, 1.807) is 53.4 Å². The van der Waals surface area contributed by atoms with Crippen molar-refractivity contribution in [2.45, 2.75) is 26.2 Å². The van der Waals surface area contributed by atoms with Crippen LogP contribution in [0.25, 0.3) is 11.1 Å². The van der Waals surface area contributed by atoms with Gasteiger partial charge in [-0.1, -0.05) is 66.2 Å². The monoisotopic (exact) mass is 463 g/mol. The van der Waals surface area contributed by atoms with E-state index < -0.39 is 11.9 Å². The van der Waals surface area contributed by atoms with Crippen LogP contribution < -0.4 is 0 Å². The van der Waals surface area contributed by atoms with Crippen LogP contribution in [0.5, 0.6) is 0 Å². The Morgan fingerprint density at radius 2 is 1.39 bits per heavy atom. The second-order valence-electron chi connectivity index (χ2n) is 7.67. The number of aliphatic carboxylic acids is 1. The van der Waals surface area contributed by atoms with Crippen LogP contribution in [0.3, 0.4) is 0 Å². The van der Waals surface area contributed by atoms with Gasteiger partial charge in [-0.05, 0) is 48.7 Å². The summed E-state index contributed by atoms with van der Waals surface area (Å²) in [4.78, 5) is 39.7. The number of hydrogen-bond acceptors (Lipinski definition) is 3. The van der Waals surface area contributed by atoms with Crippen LogP contribution in [0, 0.1) is 0 Å². The Labute approximate surface area is 198 Å². The highest BCUT2D eigenvalue weighted by Gasteiger charge is 2.29. The number of carboxylic acid groups (broad SMARTS) is 1.